The van der Waals surface area contributed by atoms with Crippen molar-refractivity contribution in [1.29, 1.82) is 0 Å². The lowest BCUT2D eigenvalue weighted by molar-refractivity contribution is -0.119. The van der Waals surface area contributed by atoms with Gasteiger partial charge in [-0.2, -0.15) is 0 Å². The van der Waals surface area contributed by atoms with Crippen LogP contribution in [0.25, 0.3) is 0 Å². The lowest BCUT2D eigenvalue weighted by Crippen LogP contribution is -2.42. The fourth-order valence-electron chi connectivity index (χ4n) is 0.852. The molecule has 1 rings (SSSR count). The molecule has 15 heavy (non-hydrogen) atoms. The van der Waals surface area contributed by atoms with Gasteiger partial charge in [0.2, 0.25) is 5.91 Å². The Kier molecular flexibility index (Phi) is 3.79. The highest BCUT2D eigenvalue weighted by molar-refractivity contribution is 9.10. The molecule has 0 aromatic carbocycles. The summed E-state index contributed by atoms with van der Waals surface area (Å²) in [5.41, 5.74) is 5.25. The fourth-order valence-corrected chi connectivity index (χ4v) is 1.09. The normalized spacial score (nSPS) is 11.9. The molecule has 1 heterocycles. The van der Waals surface area contributed by atoms with Crippen molar-refractivity contribution in [1.82, 2.24) is 10.3 Å². The fraction of sp³-hybridized carbons (Fsp3) is 0.222. The molecule has 5 nitrogen and oxygen atoms in total. The number of hydrogen-bond acceptors (Lipinski definition) is 3. The molecule has 2 amide bonds. The van der Waals surface area contributed by atoms with Crippen LogP contribution >= 0.6 is 15.9 Å². The molecule has 6 heteroatoms. The summed E-state index contributed by atoms with van der Waals surface area (Å²) in [7, 11) is 0. The third kappa shape index (κ3) is 3.32. The van der Waals surface area contributed by atoms with Crippen LogP contribution in [0.15, 0.2) is 22.8 Å². The first kappa shape index (κ1) is 11.6. The Morgan fingerprint density at radius 2 is 2.20 bits per heavy atom. The molecule has 0 bridgehead atoms. The van der Waals surface area contributed by atoms with Crippen molar-refractivity contribution in [2.45, 2.75) is 13.0 Å². The zero-order valence-electron chi connectivity index (χ0n) is 8.03. The van der Waals surface area contributed by atoms with E-state index in [9.17, 15) is 9.59 Å². The minimum Gasteiger partial charge on any atom is -0.368 e. The number of aromatic nitrogens is 1. The van der Waals surface area contributed by atoms with Crippen LogP contribution < -0.4 is 11.1 Å². The molecule has 1 aromatic heterocycles. The van der Waals surface area contributed by atoms with E-state index >= 15 is 0 Å². The number of hydrogen-bond donors (Lipinski definition) is 2. The molecule has 0 fully saturated rings. The molecule has 3 N–H and O–H groups in total. The molecule has 80 valence electrons. The molecule has 1 aromatic rings. The topological polar surface area (TPSA) is 85.1 Å². The summed E-state index contributed by atoms with van der Waals surface area (Å²) in [5, 5.41) is 2.42. The molecule has 0 aliphatic rings. The van der Waals surface area contributed by atoms with Crippen molar-refractivity contribution in [3.05, 3.63) is 28.5 Å². The zero-order chi connectivity index (χ0) is 11.4. The number of rotatable bonds is 3. The van der Waals surface area contributed by atoms with Gasteiger partial charge in [-0.15, -0.1) is 0 Å². The number of nitrogens with zero attached hydrogens (tertiary/aromatic N) is 1. The first-order valence-corrected chi connectivity index (χ1v) is 5.01. The van der Waals surface area contributed by atoms with Crippen molar-refractivity contribution in [2.24, 2.45) is 5.73 Å². The zero-order valence-corrected chi connectivity index (χ0v) is 9.61. The molecule has 0 aliphatic heterocycles. The van der Waals surface area contributed by atoms with Gasteiger partial charge in [-0.25, -0.2) is 4.98 Å². The highest BCUT2D eigenvalue weighted by Crippen LogP contribution is 2.07. The monoisotopic (exact) mass is 271 g/mol. The second kappa shape index (κ2) is 4.88. The van der Waals surface area contributed by atoms with Crippen LogP contribution in [0.5, 0.6) is 0 Å². The van der Waals surface area contributed by atoms with Crippen LogP contribution in [-0.4, -0.2) is 22.8 Å². The quantitative estimate of drug-likeness (QED) is 0.837. The smallest absolute Gasteiger partial charge is 0.270 e. The number of carbonyl (C=O) groups excluding carboxylic acids is 2. The van der Waals surface area contributed by atoms with Crippen LogP contribution in [0.2, 0.25) is 0 Å². The number of primary amides is 1. The van der Waals surface area contributed by atoms with Crippen LogP contribution in [0.3, 0.4) is 0 Å². The summed E-state index contributed by atoms with van der Waals surface area (Å²) < 4.78 is 0.780. The Morgan fingerprint density at radius 1 is 1.53 bits per heavy atom. The van der Waals surface area contributed by atoms with Crippen LogP contribution in [0.4, 0.5) is 0 Å². The van der Waals surface area contributed by atoms with Gasteiger partial charge in [0.05, 0.1) is 0 Å². The predicted octanol–water partition coefficient (Wildman–Crippen LogP) is 0.448. The van der Waals surface area contributed by atoms with E-state index in [1.54, 1.807) is 12.1 Å². The number of carbonyl (C=O) groups is 2. The summed E-state index contributed by atoms with van der Waals surface area (Å²) in [5.74, 6) is -1.01. The lowest BCUT2D eigenvalue weighted by Gasteiger charge is -2.09. The summed E-state index contributed by atoms with van der Waals surface area (Å²) >= 11 is 3.20. The van der Waals surface area contributed by atoms with Gasteiger partial charge in [-0.3, -0.25) is 9.59 Å². The van der Waals surface area contributed by atoms with E-state index in [1.165, 1.54) is 13.1 Å². The van der Waals surface area contributed by atoms with Crippen LogP contribution in [0, 0.1) is 0 Å². The summed E-state index contributed by atoms with van der Waals surface area (Å²) in [4.78, 5) is 26.1. The third-order valence-electron chi connectivity index (χ3n) is 1.73. The lowest BCUT2D eigenvalue weighted by atomic mass is 10.3. The molecule has 0 saturated heterocycles. The van der Waals surface area contributed by atoms with E-state index in [-0.39, 0.29) is 5.69 Å². The van der Waals surface area contributed by atoms with E-state index in [1.807, 2.05) is 0 Å². The second-order valence-corrected chi connectivity index (χ2v) is 3.87. The first-order chi connectivity index (χ1) is 7.00. The van der Waals surface area contributed by atoms with E-state index in [4.69, 9.17) is 5.73 Å². The van der Waals surface area contributed by atoms with Crippen molar-refractivity contribution < 1.29 is 9.59 Å². The number of pyridine rings is 1. The average molecular weight is 272 g/mol. The molecule has 0 aliphatic carbocycles. The summed E-state index contributed by atoms with van der Waals surface area (Å²) in [6.45, 7) is 1.51. The average Bonchev–Trinajstić information content (AvgIpc) is 2.18. The summed E-state index contributed by atoms with van der Waals surface area (Å²) in [6.07, 6.45) is 1.50. The Bertz CT molecular complexity index is 377. The van der Waals surface area contributed by atoms with Crippen LogP contribution in [0.1, 0.15) is 17.4 Å². The Hall–Kier alpha value is -1.43. The minimum atomic E-state index is -0.706. The second-order valence-electron chi connectivity index (χ2n) is 2.96. The van der Waals surface area contributed by atoms with Gasteiger partial charge in [-0.05, 0) is 35.0 Å². The van der Waals surface area contributed by atoms with Crippen molar-refractivity contribution in [3.8, 4) is 0 Å². The van der Waals surface area contributed by atoms with Gasteiger partial charge in [0, 0.05) is 10.7 Å². The maximum absolute atomic E-state index is 11.5. The van der Waals surface area contributed by atoms with Crippen molar-refractivity contribution in [3.63, 3.8) is 0 Å². The number of halogens is 1. The third-order valence-corrected chi connectivity index (χ3v) is 2.20. The van der Waals surface area contributed by atoms with E-state index in [2.05, 4.69) is 26.2 Å². The molecule has 0 saturated carbocycles. The number of nitrogens with two attached hydrogens (primary N) is 1. The van der Waals surface area contributed by atoms with Crippen molar-refractivity contribution in [2.75, 3.05) is 0 Å². The molecule has 0 radical (unpaired) electrons. The van der Waals surface area contributed by atoms with Gasteiger partial charge in [0.1, 0.15) is 11.7 Å². The highest BCUT2D eigenvalue weighted by atomic mass is 79.9. The number of amides is 2. The molecular formula is C9H10BrN3O2. The van der Waals surface area contributed by atoms with E-state index in [0.29, 0.717) is 0 Å². The minimum absolute atomic E-state index is 0.242. The highest BCUT2D eigenvalue weighted by Gasteiger charge is 2.14. The Balaban J connectivity index is 2.69. The molecular weight excluding hydrogens is 262 g/mol. The van der Waals surface area contributed by atoms with Gasteiger partial charge in [0.15, 0.2) is 0 Å². The van der Waals surface area contributed by atoms with E-state index < -0.39 is 17.9 Å². The van der Waals surface area contributed by atoms with Gasteiger partial charge in [-0.1, -0.05) is 0 Å². The van der Waals surface area contributed by atoms with Gasteiger partial charge in [0.25, 0.3) is 5.91 Å². The first-order valence-electron chi connectivity index (χ1n) is 4.22. The van der Waals surface area contributed by atoms with Crippen LogP contribution in [-0.2, 0) is 4.79 Å². The van der Waals surface area contributed by atoms with E-state index in [0.717, 1.165) is 4.47 Å². The Labute approximate surface area is 95.2 Å². The largest absolute Gasteiger partial charge is 0.368 e. The standard InChI is InChI=1S/C9H10BrN3O2/c1-5(8(11)14)13-9(15)7-3-2-6(10)4-12-7/h2-5H,1H3,(H2,11,14)(H,13,15)/t5-/m0/s1. The van der Waals surface area contributed by atoms with Gasteiger partial charge < -0.3 is 11.1 Å². The predicted molar refractivity (Wildman–Crippen MR) is 58.1 cm³/mol. The SMILES string of the molecule is C[C@H](NC(=O)c1ccc(Br)cn1)C(N)=O. The molecule has 0 spiro atoms. The molecule has 1 atom stereocenters. The summed E-state index contributed by atoms with van der Waals surface area (Å²) in [6, 6.07) is 2.53. The maximum Gasteiger partial charge on any atom is 0.270 e. The maximum atomic E-state index is 11.5. The van der Waals surface area contributed by atoms with Crippen molar-refractivity contribution >= 4 is 27.7 Å². The van der Waals surface area contributed by atoms with Gasteiger partial charge >= 0.3 is 0 Å². The molecule has 0 unspecified atom stereocenters. The number of nitrogens with one attached hydrogen (secondary N) is 1. The Morgan fingerprint density at radius 3 is 2.67 bits per heavy atom.